The molecule has 0 fully saturated rings. The van der Waals surface area contributed by atoms with Crippen LogP contribution in [0.1, 0.15) is 17.5 Å². The molecule has 0 aliphatic rings. The largest absolute Gasteiger partial charge is 0.489 e. The highest BCUT2D eigenvalue weighted by Gasteiger charge is 2.17. The van der Waals surface area contributed by atoms with Crippen molar-refractivity contribution < 1.29 is 9.53 Å². The quantitative estimate of drug-likeness (QED) is 0.285. The lowest BCUT2D eigenvalue weighted by molar-refractivity contribution is 0.204. The number of urea groups is 1. The Kier molecular flexibility index (Phi) is 11.7. The summed E-state index contributed by atoms with van der Waals surface area (Å²) in [4.78, 5) is 17.1. The number of halogens is 3. The Morgan fingerprint density at radius 2 is 1.71 bits per heavy atom. The second kappa shape index (κ2) is 14.2. The van der Waals surface area contributed by atoms with Gasteiger partial charge in [-0.05, 0) is 75.1 Å². The molecule has 1 N–H and O–H groups in total. The second-order valence-electron chi connectivity index (χ2n) is 8.04. The van der Waals surface area contributed by atoms with Crippen molar-refractivity contribution in [2.45, 2.75) is 19.6 Å². The molecule has 3 aromatic carbocycles. The third-order valence-corrected chi connectivity index (χ3v) is 5.78. The van der Waals surface area contributed by atoms with Gasteiger partial charge in [0.25, 0.3) is 0 Å². The van der Waals surface area contributed by atoms with Crippen LogP contribution in [0.2, 0.25) is 5.02 Å². The van der Waals surface area contributed by atoms with Gasteiger partial charge < -0.3 is 19.9 Å². The van der Waals surface area contributed by atoms with E-state index in [9.17, 15) is 4.79 Å². The fourth-order valence-corrected chi connectivity index (χ4v) is 3.85. The fraction of sp³-hybridized carbons (Fsp3) is 0.269. The summed E-state index contributed by atoms with van der Waals surface area (Å²) >= 11 is 9.54. The minimum absolute atomic E-state index is 0. The molecule has 0 atom stereocenters. The molecular formula is C26H30BrCl2N3O2. The standard InChI is InChI=1S/C26H29BrClN3O2.ClH/c1-30(2)15-6-16-31(26(32)29-24-7-4-3-5-8-24)18-21-17-22(27)11-14-25(21)33-19-20-9-12-23(28)13-10-20;/h3-5,7-14,17H,6,15-16,18-19H2,1-2H3,(H,29,32);1H. The maximum atomic E-state index is 13.1. The van der Waals surface area contributed by atoms with Gasteiger partial charge in [0.05, 0.1) is 6.54 Å². The zero-order valence-electron chi connectivity index (χ0n) is 19.3. The maximum absolute atomic E-state index is 13.1. The van der Waals surface area contributed by atoms with Crippen LogP contribution < -0.4 is 10.1 Å². The molecule has 0 heterocycles. The molecule has 0 unspecified atom stereocenters. The Morgan fingerprint density at radius 3 is 2.38 bits per heavy atom. The number of rotatable bonds is 10. The number of nitrogens with one attached hydrogen (secondary N) is 1. The zero-order valence-corrected chi connectivity index (χ0v) is 22.5. The van der Waals surface area contributed by atoms with E-state index in [1.54, 1.807) is 0 Å². The molecule has 0 spiro atoms. The van der Waals surface area contributed by atoms with Gasteiger partial charge in [0.1, 0.15) is 12.4 Å². The van der Waals surface area contributed by atoms with Crippen LogP contribution in [0.25, 0.3) is 0 Å². The van der Waals surface area contributed by atoms with Crippen LogP contribution in [0, 0.1) is 0 Å². The average Bonchev–Trinajstić information content (AvgIpc) is 2.79. The van der Waals surface area contributed by atoms with Crippen LogP contribution in [-0.4, -0.2) is 43.0 Å². The van der Waals surface area contributed by atoms with Crippen molar-refractivity contribution in [1.29, 1.82) is 0 Å². The normalized spacial score (nSPS) is 10.5. The summed E-state index contributed by atoms with van der Waals surface area (Å²) < 4.78 is 7.07. The molecule has 182 valence electrons. The average molecular weight is 567 g/mol. The molecule has 0 aromatic heterocycles. The van der Waals surface area contributed by atoms with Gasteiger partial charge >= 0.3 is 6.03 Å². The van der Waals surface area contributed by atoms with Crippen molar-refractivity contribution in [3.63, 3.8) is 0 Å². The molecule has 0 aliphatic heterocycles. The Balaban J connectivity index is 0.00000408. The Bertz CT molecular complexity index is 1030. The number of amides is 2. The number of benzene rings is 3. The van der Waals surface area contributed by atoms with Crippen molar-refractivity contribution >= 4 is 51.7 Å². The van der Waals surface area contributed by atoms with E-state index in [-0.39, 0.29) is 18.4 Å². The predicted molar refractivity (Wildman–Crippen MR) is 146 cm³/mol. The van der Waals surface area contributed by atoms with E-state index in [0.717, 1.165) is 40.0 Å². The molecule has 0 saturated carbocycles. The molecule has 0 radical (unpaired) electrons. The summed E-state index contributed by atoms with van der Waals surface area (Å²) in [6.45, 7) is 2.37. The first kappa shape index (κ1) is 28.0. The number of nitrogens with zero attached hydrogens (tertiary/aromatic N) is 2. The molecule has 2 amide bonds. The van der Waals surface area contributed by atoms with Gasteiger partial charge in [-0.1, -0.05) is 57.9 Å². The molecule has 3 rings (SSSR count). The molecule has 8 heteroatoms. The highest BCUT2D eigenvalue weighted by Crippen LogP contribution is 2.26. The highest BCUT2D eigenvalue weighted by atomic mass is 79.9. The molecule has 34 heavy (non-hydrogen) atoms. The molecule has 3 aromatic rings. The summed E-state index contributed by atoms with van der Waals surface area (Å²) in [6, 6.07) is 22.8. The second-order valence-corrected chi connectivity index (χ2v) is 9.39. The minimum atomic E-state index is -0.136. The van der Waals surface area contributed by atoms with Crippen LogP contribution in [0.3, 0.4) is 0 Å². The van der Waals surface area contributed by atoms with Crippen molar-refractivity contribution in [2.75, 3.05) is 32.5 Å². The van der Waals surface area contributed by atoms with Gasteiger partial charge in [0.15, 0.2) is 0 Å². The topological polar surface area (TPSA) is 44.8 Å². The predicted octanol–water partition coefficient (Wildman–Crippen LogP) is 7.09. The Morgan fingerprint density at radius 1 is 1.00 bits per heavy atom. The van der Waals surface area contributed by atoms with Crippen LogP contribution in [0.4, 0.5) is 10.5 Å². The highest BCUT2D eigenvalue weighted by molar-refractivity contribution is 9.10. The van der Waals surface area contributed by atoms with E-state index in [4.69, 9.17) is 16.3 Å². The van der Waals surface area contributed by atoms with Crippen molar-refractivity contribution in [2.24, 2.45) is 0 Å². The zero-order chi connectivity index (χ0) is 23.6. The van der Waals surface area contributed by atoms with Gasteiger partial charge in [-0.15, -0.1) is 12.4 Å². The van der Waals surface area contributed by atoms with Crippen LogP contribution in [0.15, 0.2) is 77.3 Å². The minimum Gasteiger partial charge on any atom is -0.489 e. The van der Waals surface area contributed by atoms with E-state index >= 15 is 0 Å². The lowest BCUT2D eigenvalue weighted by Gasteiger charge is -2.25. The lowest BCUT2D eigenvalue weighted by atomic mass is 10.1. The third kappa shape index (κ3) is 9.18. The number of carbonyl (C=O) groups excluding carboxylic acids is 1. The van der Waals surface area contributed by atoms with Crippen molar-refractivity contribution in [1.82, 2.24) is 9.80 Å². The van der Waals surface area contributed by atoms with Crippen molar-refractivity contribution in [3.8, 4) is 5.75 Å². The SMILES string of the molecule is CN(C)CCCN(Cc1cc(Br)ccc1OCc1ccc(Cl)cc1)C(=O)Nc1ccccc1.Cl. The first-order valence-electron chi connectivity index (χ1n) is 10.8. The number of hydrogen-bond donors (Lipinski definition) is 1. The summed E-state index contributed by atoms with van der Waals surface area (Å²) in [5, 5.41) is 3.70. The fourth-order valence-electron chi connectivity index (χ4n) is 3.31. The van der Waals surface area contributed by atoms with Crippen molar-refractivity contribution in [3.05, 3.63) is 93.4 Å². The van der Waals surface area contributed by atoms with Gasteiger partial charge in [-0.3, -0.25) is 0 Å². The molecular weight excluding hydrogens is 537 g/mol. The number of carbonyl (C=O) groups is 1. The Labute approximate surface area is 221 Å². The summed E-state index contributed by atoms with van der Waals surface area (Å²) in [5.41, 5.74) is 2.73. The number of hydrogen-bond acceptors (Lipinski definition) is 3. The summed E-state index contributed by atoms with van der Waals surface area (Å²) in [7, 11) is 4.07. The number of ether oxygens (including phenoxy) is 1. The first-order chi connectivity index (χ1) is 15.9. The van der Waals surface area contributed by atoms with Gasteiger partial charge in [-0.25, -0.2) is 4.79 Å². The first-order valence-corrected chi connectivity index (χ1v) is 12.0. The summed E-state index contributed by atoms with van der Waals surface area (Å²) in [6.07, 6.45) is 0.865. The molecule has 0 bridgehead atoms. The van der Waals surface area contributed by atoms with Crippen LogP contribution in [-0.2, 0) is 13.2 Å². The molecule has 0 aliphatic carbocycles. The van der Waals surface area contributed by atoms with E-state index in [1.165, 1.54) is 0 Å². The van der Waals surface area contributed by atoms with E-state index < -0.39 is 0 Å². The maximum Gasteiger partial charge on any atom is 0.322 e. The number of anilines is 1. The molecule has 5 nitrogen and oxygen atoms in total. The van der Waals surface area contributed by atoms with Gasteiger partial charge in [0, 0.05) is 27.3 Å². The summed E-state index contributed by atoms with van der Waals surface area (Å²) in [5.74, 6) is 0.748. The Hall–Kier alpha value is -2.25. The van der Waals surface area contributed by atoms with Gasteiger partial charge in [-0.2, -0.15) is 0 Å². The van der Waals surface area contributed by atoms with Gasteiger partial charge in [0.2, 0.25) is 0 Å². The third-order valence-electron chi connectivity index (χ3n) is 5.04. The molecule has 0 saturated heterocycles. The number of para-hydroxylation sites is 1. The van der Waals surface area contributed by atoms with E-state index in [2.05, 4.69) is 26.1 Å². The van der Waals surface area contributed by atoms with E-state index in [0.29, 0.717) is 24.7 Å². The lowest BCUT2D eigenvalue weighted by Crippen LogP contribution is -2.36. The van der Waals surface area contributed by atoms with Crippen LogP contribution in [0.5, 0.6) is 5.75 Å². The monoisotopic (exact) mass is 565 g/mol. The van der Waals surface area contributed by atoms with Crippen LogP contribution >= 0.6 is 39.9 Å². The smallest absolute Gasteiger partial charge is 0.322 e. The van der Waals surface area contributed by atoms with E-state index in [1.807, 2.05) is 91.8 Å².